The van der Waals surface area contributed by atoms with E-state index in [-0.39, 0.29) is 17.6 Å². The summed E-state index contributed by atoms with van der Waals surface area (Å²) in [4.78, 5) is 18.5. The van der Waals surface area contributed by atoms with E-state index in [1.54, 1.807) is 12.1 Å². The normalized spacial score (nSPS) is 23.0. The van der Waals surface area contributed by atoms with Crippen LogP contribution < -0.4 is 0 Å². The van der Waals surface area contributed by atoms with Crippen LogP contribution in [0.1, 0.15) is 53.3 Å². The third-order valence-corrected chi connectivity index (χ3v) is 8.53. The molecule has 0 saturated carbocycles. The average molecular weight is 463 g/mol. The van der Waals surface area contributed by atoms with Crippen molar-refractivity contribution in [1.29, 1.82) is 0 Å². The molecule has 4 nitrogen and oxygen atoms in total. The Kier molecular flexibility index (Phi) is 6.33. The molecule has 31 heavy (non-hydrogen) atoms. The first kappa shape index (κ1) is 21.4. The minimum atomic E-state index is -0.155. The molecule has 1 unspecified atom stereocenters. The molecule has 1 aromatic carbocycles. The van der Waals surface area contributed by atoms with Crippen LogP contribution in [0.15, 0.2) is 24.3 Å². The number of ether oxygens (including phenoxy) is 1. The molecule has 5 rings (SSSR count). The fourth-order valence-electron chi connectivity index (χ4n) is 5.12. The van der Waals surface area contributed by atoms with Crippen molar-refractivity contribution in [3.8, 4) is 10.4 Å². The first-order valence-electron chi connectivity index (χ1n) is 11.3. The number of rotatable bonds is 4. The summed E-state index contributed by atoms with van der Waals surface area (Å²) in [5.74, 6) is 0.0965. The maximum Gasteiger partial charge on any atom is 0.265 e. The molecule has 2 aromatic rings. The van der Waals surface area contributed by atoms with Gasteiger partial charge in [0.05, 0.1) is 11.6 Å². The van der Waals surface area contributed by atoms with Crippen molar-refractivity contribution in [1.82, 2.24) is 9.80 Å². The van der Waals surface area contributed by atoms with Crippen LogP contribution in [0.4, 0.5) is 4.39 Å². The van der Waals surface area contributed by atoms with Crippen molar-refractivity contribution in [3.63, 3.8) is 0 Å². The molecular formula is C24H28ClFN2O2S. The standard InChI is InChI=1S/C24H28ClFN2O2S/c25-20-14-22(31-23(20)24(29)28-8-1-2-9-28)17-3-4-19(21(26)13-17)16-5-10-27(11-6-16)18-7-12-30-15-18/h3-4,13-14,16,18H,1-2,5-12,15H2. The number of piperidine rings is 1. The molecule has 3 saturated heterocycles. The fraction of sp³-hybridized carbons (Fsp3) is 0.542. The second-order valence-corrected chi connectivity index (χ2v) is 10.3. The third-order valence-electron chi connectivity index (χ3n) is 6.95. The lowest BCUT2D eigenvalue weighted by molar-refractivity contribution is 0.0797. The number of carbonyl (C=O) groups excluding carboxylic acids is 1. The van der Waals surface area contributed by atoms with Gasteiger partial charge in [0.2, 0.25) is 0 Å². The van der Waals surface area contributed by atoms with Crippen molar-refractivity contribution < 1.29 is 13.9 Å². The van der Waals surface area contributed by atoms with Gasteiger partial charge in [-0.25, -0.2) is 4.39 Å². The van der Waals surface area contributed by atoms with Gasteiger partial charge in [0, 0.05) is 30.6 Å². The fourth-order valence-corrected chi connectivity index (χ4v) is 6.50. The number of amides is 1. The Hall–Kier alpha value is -1.47. The van der Waals surface area contributed by atoms with Gasteiger partial charge in [-0.2, -0.15) is 0 Å². The van der Waals surface area contributed by atoms with Gasteiger partial charge in [0.25, 0.3) is 5.91 Å². The summed E-state index contributed by atoms with van der Waals surface area (Å²) in [6.07, 6.45) is 5.15. The molecule has 3 aliphatic rings. The highest BCUT2D eigenvalue weighted by molar-refractivity contribution is 7.18. The SMILES string of the molecule is O=C(c1sc(-c2ccc(C3CCN(C4CCOC4)CC3)c(F)c2)cc1Cl)N1CCCC1. The summed E-state index contributed by atoms with van der Waals surface area (Å²) >= 11 is 7.75. The Morgan fingerprint density at radius 3 is 2.55 bits per heavy atom. The van der Waals surface area contributed by atoms with E-state index in [1.165, 1.54) is 11.3 Å². The molecule has 0 radical (unpaired) electrons. The number of hydrogen-bond donors (Lipinski definition) is 0. The summed E-state index contributed by atoms with van der Waals surface area (Å²) in [6.45, 7) is 5.28. The van der Waals surface area contributed by atoms with Crippen LogP contribution >= 0.6 is 22.9 Å². The summed E-state index contributed by atoms with van der Waals surface area (Å²) in [5, 5.41) is 0.463. The van der Waals surface area contributed by atoms with Gasteiger partial charge in [-0.1, -0.05) is 23.7 Å². The lowest BCUT2D eigenvalue weighted by atomic mass is 9.88. The minimum absolute atomic E-state index is 0.00438. The summed E-state index contributed by atoms with van der Waals surface area (Å²) in [5.41, 5.74) is 1.59. The van der Waals surface area contributed by atoms with Gasteiger partial charge in [-0.3, -0.25) is 9.69 Å². The van der Waals surface area contributed by atoms with E-state index >= 15 is 4.39 Å². The predicted octanol–water partition coefficient (Wildman–Crippen LogP) is 5.41. The highest BCUT2D eigenvalue weighted by Gasteiger charge is 2.29. The molecular weight excluding hydrogens is 435 g/mol. The number of thiophene rings is 1. The maximum atomic E-state index is 15.1. The smallest absolute Gasteiger partial charge is 0.265 e. The van der Waals surface area contributed by atoms with E-state index in [2.05, 4.69) is 4.90 Å². The van der Waals surface area contributed by atoms with E-state index in [4.69, 9.17) is 16.3 Å². The van der Waals surface area contributed by atoms with Crippen LogP contribution in [0.5, 0.6) is 0 Å². The van der Waals surface area contributed by atoms with Crippen LogP contribution in [0.2, 0.25) is 5.02 Å². The molecule has 166 valence electrons. The molecule has 0 N–H and O–H groups in total. The second-order valence-electron chi connectivity index (χ2n) is 8.85. The zero-order valence-corrected chi connectivity index (χ0v) is 19.2. The van der Waals surface area contributed by atoms with Gasteiger partial charge in [-0.05, 0) is 74.4 Å². The Balaban J connectivity index is 1.29. The van der Waals surface area contributed by atoms with Crippen molar-refractivity contribution in [2.24, 2.45) is 0 Å². The molecule has 1 atom stereocenters. The number of nitrogens with zero attached hydrogens (tertiary/aromatic N) is 2. The first-order chi connectivity index (χ1) is 15.1. The van der Waals surface area contributed by atoms with Crippen molar-refractivity contribution in [2.45, 2.75) is 44.1 Å². The second kappa shape index (κ2) is 9.18. The van der Waals surface area contributed by atoms with E-state index in [0.29, 0.717) is 15.9 Å². The minimum Gasteiger partial charge on any atom is -0.380 e. The highest BCUT2D eigenvalue weighted by Crippen LogP contribution is 2.38. The average Bonchev–Trinajstić information content (AvgIpc) is 3.55. The third kappa shape index (κ3) is 4.40. The zero-order valence-electron chi connectivity index (χ0n) is 17.6. The van der Waals surface area contributed by atoms with Crippen LogP contribution in [-0.2, 0) is 4.74 Å². The lowest BCUT2D eigenvalue weighted by Gasteiger charge is -2.35. The van der Waals surface area contributed by atoms with Gasteiger partial charge < -0.3 is 9.64 Å². The Morgan fingerprint density at radius 1 is 1.10 bits per heavy atom. The number of halogens is 2. The van der Waals surface area contributed by atoms with E-state index in [9.17, 15) is 4.79 Å². The molecule has 3 aliphatic heterocycles. The van der Waals surface area contributed by atoms with Crippen molar-refractivity contribution in [2.75, 3.05) is 39.4 Å². The van der Waals surface area contributed by atoms with Crippen LogP contribution in [0, 0.1) is 5.82 Å². The number of benzene rings is 1. The van der Waals surface area contributed by atoms with E-state index < -0.39 is 0 Å². The summed E-state index contributed by atoms with van der Waals surface area (Å²) < 4.78 is 20.6. The summed E-state index contributed by atoms with van der Waals surface area (Å²) in [7, 11) is 0. The molecule has 0 spiro atoms. The largest absolute Gasteiger partial charge is 0.380 e. The zero-order chi connectivity index (χ0) is 21.4. The van der Waals surface area contributed by atoms with Crippen LogP contribution in [0.3, 0.4) is 0 Å². The Bertz CT molecular complexity index is 945. The first-order valence-corrected chi connectivity index (χ1v) is 12.5. The van der Waals surface area contributed by atoms with Gasteiger partial charge in [0.15, 0.2) is 0 Å². The topological polar surface area (TPSA) is 32.8 Å². The monoisotopic (exact) mass is 462 g/mol. The number of hydrogen-bond acceptors (Lipinski definition) is 4. The molecule has 0 bridgehead atoms. The molecule has 7 heteroatoms. The van der Waals surface area contributed by atoms with Gasteiger partial charge in [-0.15, -0.1) is 11.3 Å². The van der Waals surface area contributed by atoms with Gasteiger partial charge in [0.1, 0.15) is 10.7 Å². The van der Waals surface area contributed by atoms with Gasteiger partial charge >= 0.3 is 0 Å². The van der Waals surface area contributed by atoms with E-state index in [1.807, 2.05) is 17.0 Å². The van der Waals surface area contributed by atoms with Crippen LogP contribution in [-0.4, -0.2) is 61.1 Å². The molecule has 4 heterocycles. The Labute approximate surface area is 191 Å². The quantitative estimate of drug-likeness (QED) is 0.608. The summed E-state index contributed by atoms with van der Waals surface area (Å²) in [6, 6.07) is 7.85. The lowest BCUT2D eigenvalue weighted by Crippen LogP contribution is -2.41. The molecule has 3 fully saturated rings. The Morgan fingerprint density at radius 2 is 1.87 bits per heavy atom. The van der Waals surface area contributed by atoms with Crippen molar-refractivity contribution >= 4 is 28.8 Å². The van der Waals surface area contributed by atoms with Crippen molar-refractivity contribution in [3.05, 3.63) is 45.5 Å². The highest BCUT2D eigenvalue weighted by atomic mass is 35.5. The maximum absolute atomic E-state index is 15.1. The molecule has 0 aliphatic carbocycles. The molecule has 1 amide bonds. The predicted molar refractivity (Wildman–Crippen MR) is 123 cm³/mol. The number of likely N-dealkylation sites (tertiary alicyclic amines) is 2. The van der Waals surface area contributed by atoms with E-state index in [0.717, 1.165) is 87.5 Å². The van der Waals surface area contributed by atoms with Crippen LogP contribution in [0.25, 0.3) is 10.4 Å². The number of carbonyl (C=O) groups is 1. The molecule has 1 aromatic heterocycles.